The van der Waals surface area contributed by atoms with E-state index in [1.165, 1.54) is 0 Å². The number of β-amino-alcohol motifs (C(OH)–C–C–N with tert-alkyl or cyclic N) is 1. The van der Waals surface area contributed by atoms with Crippen molar-refractivity contribution in [3.63, 3.8) is 0 Å². The molecular formula is C16H29N5O2. The summed E-state index contributed by atoms with van der Waals surface area (Å²) in [4.78, 5) is 6.88. The third-order valence-electron chi connectivity index (χ3n) is 4.61. The monoisotopic (exact) mass is 323 g/mol. The van der Waals surface area contributed by atoms with Gasteiger partial charge in [-0.15, -0.1) is 0 Å². The first kappa shape index (κ1) is 16.8. The lowest BCUT2D eigenvalue weighted by atomic mass is 10.1. The molecule has 1 aromatic heterocycles. The van der Waals surface area contributed by atoms with Crippen LogP contribution in [0.1, 0.15) is 37.8 Å². The highest BCUT2D eigenvalue weighted by Crippen LogP contribution is 2.16. The molecular weight excluding hydrogens is 294 g/mol. The van der Waals surface area contributed by atoms with Crippen molar-refractivity contribution >= 4 is 0 Å². The Morgan fingerprint density at radius 3 is 2.87 bits per heavy atom. The second-order valence-corrected chi connectivity index (χ2v) is 6.93. The molecule has 0 amide bonds. The number of rotatable bonds is 6. The predicted octanol–water partition coefficient (Wildman–Crippen LogP) is -0.001000. The zero-order valence-electron chi connectivity index (χ0n) is 14.2. The molecule has 3 rings (SSSR count). The van der Waals surface area contributed by atoms with E-state index in [4.69, 9.17) is 4.74 Å². The third-order valence-corrected chi connectivity index (χ3v) is 4.61. The van der Waals surface area contributed by atoms with Crippen LogP contribution in [-0.4, -0.2) is 76.3 Å². The van der Waals surface area contributed by atoms with Gasteiger partial charge in [-0.05, 0) is 6.42 Å². The van der Waals surface area contributed by atoms with Gasteiger partial charge in [0.1, 0.15) is 5.82 Å². The van der Waals surface area contributed by atoms with Crippen LogP contribution in [0.15, 0.2) is 0 Å². The summed E-state index contributed by atoms with van der Waals surface area (Å²) in [5.74, 6) is 2.41. The molecule has 0 bridgehead atoms. The fourth-order valence-electron chi connectivity index (χ4n) is 3.19. The zero-order valence-corrected chi connectivity index (χ0v) is 14.2. The number of nitrogens with zero attached hydrogens (tertiary/aromatic N) is 4. The van der Waals surface area contributed by atoms with Crippen LogP contribution in [0.2, 0.25) is 0 Å². The minimum atomic E-state index is -0.337. The number of fused-ring (bicyclic) bond motifs is 1. The highest BCUT2D eigenvalue weighted by Gasteiger charge is 2.23. The number of aliphatic hydroxyl groups excluding tert-OH is 1. The first-order chi connectivity index (χ1) is 11.1. The van der Waals surface area contributed by atoms with Gasteiger partial charge in [0, 0.05) is 44.6 Å². The molecule has 2 aliphatic rings. The number of ether oxygens (including phenoxy) is 1. The van der Waals surface area contributed by atoms with Gasteiger partial charge < -0.3 is 15.2 Å². The molecule has 2 atom stereocenters. The second-order valence-electron chi connectivity index (χ2n) is 6.93. The molecule has 1 aromatic rings. The largest absolute Gasteiger partial charge is 0.390 e. The number of aryl methyl sites for hydroxylation is 1. The molecule has 0 unspecified atom stereocenters. The topological polar surface area (TPSA) is 75.4 Å². The molecule has 0 radical (unpaired) electrons. The van der Waals surface area contributed by atoms with E-state index in [-0.39, 0.29) is 6.10 Å². The number of aromatic nitrogens is 3. The summed E-state index contributed by atoms with van der Waals surface area (Å²) < 4.78 is 7.37. The Hall–Kier alpha value is -1.02. The Balaban J connectivity index is 1.43. The van der Waals surface area contributed by atoms with E-state index in [1.54, 1.807) is 0 Å². The summed E-state index contributed by atoms with van der Waals surface area (Å²) in [5.41, 5.74) is 0. The second kappa shape index (κ2) is 7.70. The molecule has 3 heterocycles. The van der Waals surface area contributed by atoms with E-state index in [0.717, 1.165) is 63.9 Å². The van der Waals surface area contributed by atoms with Crippen molar-refractivity contribution in [1.29, 1.82) is 0 Å². The van der Waals surface area contributed by atoms with E-state index in [9.17, 15) is 5.11 Å². The molecule has 130 valence electrons. The maximum Gasteiger partial charge on any atom is 0.153 e. The van der Waals surface area contributed by atoms with Crippen molar-refractivity contribution in [2.75, 3.05) is 39.4 Å². The zero-order chi connectivity index (χ0) is 16.2. The summed E-state index contributed by atoms with van der Waals surface area (Å²) in [6, 6.07) is 0.364. The molecule has 0 aliphatic carbocycles. The van der Waals surface area contributed by atoms with Gasteiger partial charge >= 0.3 is 0 Å². The van der Waals surface area contributed by atoms with Crippen molar-refractivity contribution in [2.45, 2.75) is 51.3 Å². The van der Waals surface area contributed by atoms with Crippen LogP contribution in [-0.2, 0) is 17.7 Å². The number of hydrogen-bond donors (Lipinski definition) is 2. The summed E-state index contributed by atoms with van der Waals surface area (Å²) in [6.07, 6.45) is 1.67. The first-order valence-corrected chi connectivity index (χ1v) is 8.77. The summed E-state index contributed by atoms with van der Waals surface area (Å²) in [5, 5.41) is 18.3. The van der Waals surface area contributed by atoms with E-state index in [2.05, 4.69) is 34.1 Å². The maximum absolute atomic E-state index is 10.2. The van der Waals surface area contributed by atoms with Crippen molar-refractivity contribution in [1.82, 2.24) is 25.0 Å². The van der Waals surface area contributed by atoms with E-state index in [0.29, 0.717) is 18.5 Å². The van der Waals surface area contributed by atoms with Crippen molar-refractivity contribution in [2.24, 2.45) is 0 Å². The van der Waals surface area contributed by atoms with Gasteiger partial charge in [-0.1, -0.05) is 13.8 Å². The quantitative estimate of drug-likeness (QED) is 0.767. The lowest BCUT2D eigenvalue weighted by molar-refractivity contribution is 0.0142. The Bertz CT molecular complexity index is 499. The molecule has 1 fully saturated rings. The van der Waals surface area contributed by atoms with Crippen LogP contribution < -0.4 is 5.32 Å². The summed E-state index contributed by atoms with van der Waals surface area (Å²) >= 11 is 0. The molecule has 0 spiro atoms. The number of aliphatic hydroxyl groups is 1. The van der Waals surface area contributed by atoms with Crippen molar-refractivity contribution in [3.8, 4) is 0 Å². The van der Waals surface area contributed by atoms with Gasteiger partial charge in [-0.2, -0.15) is 5.10 Å². The van der Waals surface area contributed by atoms with Crippen LogP contribution in [0.5, 0.6) is 0 Å². The minimum absolute atomic E-state index is 0.337. The van der Waals surface area contributed by atoms with Crippen molar-refractivity contribution in [3.05, 3.63) is 11.6 Å². The molecule has 0 saturated carbocycles. The maximum atomic E-state index is 10.2. The van der Waals surface area contributed by atoms with Gasteiger partial charge in [0.15, 0.2) is 5.82 Å². The molecule has 2 N–H and O–H groups in total. The first-order valence-electron chi connectivity index (χ1n) is 8.77. The van der Waals surface area contributed by atoms with Crippen LogP contribution in [0, 0.1) is 0 Å². The Labute approximate surface area is 138 Å². The number of nitrogens with one attached hydrogen (secondary N) is 1. The SMILES string of the molecule is CC(C)c1nc2n(n1)C[C@H](NC[C@H](O)CN1CCOCC1)CC2. The van der Waals surface area contributed by atoms with Crippen LogP contribution in [0.25, 0.3) is 0 Å². The lowest BCUT2D eigenvalue weighted by Crippen LogP contribution is -2.46. The fraction of sp³-hybridized carbons (Fsp3) is 0.875. The minimum Gasteiger partial charge on any atom is -0.390 e. The molecule has 7 heteroatoms. The van der Waals surface area contributed by atoms with Crippen LogP contribution in [0.3, 0.4) is 0 Å². The molecule has 23 heavy (non-hydrogen) atoms. The summed E-state index contributed by atoms with van der Waals surface area (Å²) in [7, 11) is 0. The number of morpholine rings is 1. The lowest BCUT2D eigenvalue weighted by Gasteiger charge is -2.30. The average Bonchev–Trinajstić information content (AvgIpc) is 2.97. The Morgan fingerprint density at radius 1 is 1.35 bits per heavy atom. The number of hydrogen-bond acceptors (Lipinski definition) is 6. The normalized spacial score (nSPS) is 23.9. The predicted molar refractivity (Wildman–Crippen MR) is 87.5 cm³/mol. The van der Waals surface area contributed by atoms with Gasteiger partial charge in [-0.25, -0.2) is 9.67 Å². The van der Waals surface area contributed by atoms with E-state index in [1.807, 2.05) is 4.68 Å². The fourth-order valence-corrected chi connectivity index (χ4v) is 3.19. The Kier molecular flexibility index (Phi) is 5.63. The standard InChI is InChI=1S/C16H29N5O2/c1-12(2)16-18-15-4-3-13(10-21(15)19-16)17-9-14(22)11-20-5-7-23-8-6-20/h12-14,17,22H,3-11H2,1-2H3/t13-,14+/m1/s1. The smallest absolute Gasteiger partial charge is 0.153 e. The van der Waals surface area contributed by atoms with E-state index >= 15 is 0 Å². The Morgan fingerprint density at radius 2 is 2.13 bits per heavy atom. The molecule has 1 saturated heterocycles. The van der Waals surface area contributed by atoms with E-state index < -0.39 is 0 Å². The molecule has 7 nitrogen and oxygen atoms in total. The van der Waals surface area contributed by atoms with Crippen LogP contribution >= 0.6 is 0 Å². The highest BCUT2D eigenvalue weighted by atomic mass is 16.5. The third kappa shape index (κ3) is 4.50. The molecule has 2 aliphatic heterocycles. The van der Waals surface area contributed by atoms with Gasteiger partial charge in [0.05, 0.1) is 25.9 Å². The highest BCUT2D eigenvalue weighted by molar-refractivity contribution is 5.01. The average molecular weight is 323 g/mol. The van der Waals surface area contributed by atoms with Gasteiger partial charge in [-0.3, -0.25) is 4.90 Å². The summed E-state index contributed by atoms with van der Waals surface area (Å²) in [6.45, 7) is 9.82. The van der Waals surface area contributed by atoms with Gasteiger partial charge in [0.2, 0.25) is 0 Å². The van der Waals surface area contributed by atoms with Crippen molar-refractivity contribution < 1.29 is 9.84 Å². The van der Waals surface area contributed by atoms with Gasteiger partial charge in [0.25, 0.3) is 0 Å². The van der Waals surface area contributed by atoms with Crippen LogP contribution in [0.4, 0.5) is 0 Å². The molecule has 0 aromatic carbocycles.